The van der Waals surface area contributed by atoms with Crippen molar-refractivity contribution >= 4 is 38.9 Å². The van der Waals surface area contributed by atoms with E-state index in [0.717, 1.165) is 10.6 Å². The van der Waals surface area contributed by atoms with Crippen LogP contribution in [0.3, 0.4) is 0 Å². The number of nitrogens with one attached hydrogen (secondary N) is 1. The Hall–Kier alpha value is -2.25. The molecule has 0 unspecified atom stereocenters. The van der Waals surface area contributed by atoms with Gasteiger partial charge in [-0.25, -0.2) is 8.42 Å². The highest BCUT2D eigenvalue weighted by atomic mass is 35.5. The second kappa shape index (κ2) is 7.76. The van der Waals surface area contributed by atoms with Crippen molar-refractivity contribution in [3.63, 3.8) is 0 Å². The predicted octanol–water partition coefficient (Wildman–Crippen LogP) is 3.14. The minimum atomic E-state index is -3.38. The molecule has 0 saturated carbocycles. The zero-order valence-corrected chi connectivity index (χ0v) is 15.6. The van der Waals surface area contributed by atoms with Gasteiger partial charge in [0.25, 0.3) is 5.91 Å². The minimum Gasteiger partial charge on any atom is -0.481 e. The van der Waals surface area contributed by atoms with Gasteiger partial charge in [-0.2, -0.15) is 0 Å². The van der Waals surface area contributed by atoms with Crippen molar-refractivity contribution in [1.82, 2.24) is 0 Å². The Morgan fingerprint density at radius 1 is 1.20 bits per heavy atom. The monoisotopic (exact) mass is 382 g/mol. The van der Waals surface area contributed by atoms with E-state index in [4.69, 9.17) is 16.3 Å². The van der Waals surface area contributed by atoms with E-state index in [0.29, 0.717) is 22.1 Å². The first-order valence-corrected chi connectivity index (χ1v) is 9.66. The zero-order valence-electron chi connectivity index (χ0n) is 14.1. The fourth-order valence-electron chi connectivity index (χ4n) is 2.01. The molecule has 25 heavy (non-hydrogen) atoms. The highest BCUT2D eigenvalue weighted by Crippen LogP contribution is 2.21. The number of nitrogens with zero attached hydrogens (tertiary/aromatic N) is 1. The number of halogens is 1. The SMILES string of the molecule is C[C@@H](Oc1cccc(Cl)c1)C(=O)Nc1cccc(N(C)S(C)(=O)=O)c1. The molecule has 1 N–H and O–H groups in total. The maximum absolute atomic E-state index is 12.3. The number of benzene rings is 2. The molecule has 1 atom stereocenters. The van der Waals surface area contributed by atoms with E-state index in [1.807, 2.05) is 0 Å². The quantitative estimate of drug-likeness (QED) is 0.832. The van der Waals surface area contributed by atoms with Crippen LogP contribution in [0.25, 0.3) is 0 Å². The normalized spacial score (nSPS) is 12.3. The highest BCUT2D eigenvalue weighted by Gasteiger charge is 2.17. The fraction of sp³-hybridized carbons (Fsp3) is 0.235. The van der Waals surface area contributed by atoms with Gasteiger partial charge in [0.2, 0.25) is 10.0 Å². The van der Waals surface area contributed by atoms with Crippen LogP contribution >= 0.6 is 11.6 Å². The molecule has 2 aromatic rings. The molecule has 0 bridgehead atoms. The second-order valence-electron chi connectivity index (χ2n) is 5.49. The largest absolute Gasteiger partial charge is 0.481 e. The van der Waals surface area contributed by atoms with Crippen molar-refractivity contribution in [3.05, 3.63) is 53.6 Å². The first-order chi connectivity index (χ1) is 11.7. The summed E-state index contributed by atoms with van der Waals surface area (Å²) in [6, 6.07) is 13.3. The Kier molecular flexibility index (Phi) is 5.92. The van der Waals surface area contributed by atoms with Crippen LogP contribution in [0.4, 0.5) is 11.4 Å². The average molecular weight is 383 g/mol. The maximum Gasteiger partial charge on any atom is 0.265 e. The molecular weight excluding hydrogens is 364 g/mol. The van der Waals surface area contributed by atoms with Crippen LogP contribution in [-0.4, -0.2) is 33.7 Å². The Morgan fingerprint density at radius 2 is 1.88 bits per heavy atom. The predicted molar refractivity (Wildman–Crippen MR) is 99.9 cm³/mol. The van der Waals surface area contributed by atoms with Gasteiger partial charge in [-0.1, -0.05) is 23.7 Å². The van der Waals surface area contributed by atoms with Crippen molar-refractivity contribution in [3.8, 4) is 5.75 Å². The van der Waals surface area contributed by atoms with Gasteiger partial charge in [0.05, 0.1) is 11.9 Å². The Bertz CT molecular complexity index is 870. The number of sulfonamides is 1. The van der Waals surface area contributed by atoms with Gasteiger partial charge in [0, 0.05) is 17.8 Å². The first kappa shape index (κ1) is 19.1. The summed E-state index contributed by atoms with van der Waals surface area (Å²) >= 11 is 5.89. The topological polar surface area (TPSA) is 75.7 Å². The lowest BCUT2D eigenvalue weighted by molar-refractivity contribution is -0.122. The van der Waals surface area contributed by atoms with Gasteiger partial charge in [-0.15, -0.1) is 0 Å². The molecule has 0 aliphatic carbocycles. The molecule has 0 aliphatic rings. The number of ether oxygens (including phenoxy) is 1. The number of carbonyl (C=O) groups excluding carboxylic acids is 1. The van der Waals surface area contributed by atoms with Crippen LogP contribution in [-0.2, 0) is 14.8 Å². The van der Waals surface area contributed by atoms with E-state index in [9.17, 15) is 13.2 Å². The smallest absolute Gasteiger partial charge is 0.265 e. The van der Waals surface area contributed by atoms with Gasteiger partial charge < -0.3 is 10.1 Å². The second-order valence-corrected chi connectivity index (χ2v) is 7.94. The van der Waals surface area contributed by atoms with Gasteiger partial charge in [0.1, 0.15) is 5.75 Å². The molecule has 0 spiro atoms. The summed E-state index contributed by atoms with van der Waals surface area (Å²) in [5.74, 6) is 0.125. The summed E-state index contributed by atoms with van der Waals surface area (Å²) < 4.78 is 29.9. The number of anilines is 2. The van der Waals surface area contributed by atoms with E-state index in [1.165, 1.54) is 7.05 Å². The minimum absolute atomic E-state index is 0.362. The molecule has 2 aromatic carbocycles. The lowest BCUT2D eigenvalue weighted by atomic mass is 10.2. The van der Waals surface area contributed by atoms with E-state index >= 15 is 0 Å². The molecule has 134 valence electrons. The van der Waals surface area contributed by atoms with Crippen LogP contribution in [0.1, 0.15) is 6.92 Å². The van der Waals surface area contributed by atoms with Gasteiger partial charge in [-0.05, 0) is 43.3 Å². The third kappa shape index (κ3) is 5.37. The number of rotatable bonds is 6. The van der Waals surface area contributed by atoms with Crippen LogP contribution in [0.2, 0.25) is 5.02 Å². The first-order valence-electron chi connectivity index (χ1n) is 7.44. The maximum atomic E-state index is 12.3. The number of amides is 1. The molecule has 0 heterocycles. The van der Waals surface area contributed by atoms with Crippen LogP contribution in [0, 0.1) is 0 Å². The third-order valence-electron chi connectivity index (χ3n) is 3.45. The molecular formula is C17H19ClN2O4S. The van der Waals surface area contributed by atoms with Crippen molar-refractivity contribution in [2.24, 2.45) is 0 Å². The third-order valence-corrected chi connectivity index (χ3v) is 4.89. The number of hydrogen-bond donors (Lipinski definition) is 1. The van der Waals surface area contributed by atoms with Crippen molar-refractivity contribution < 1.29 is 17.9 Å². The molecule has 0 aromatic heterocycles. The number of carbonyl (C=O) groups is 1. The van der Waals surface area contributed by atoms with Gasteiger partial charge in [-0.3, -0.25) is 9.10 Å². The lowest BCUT2D eigenvalue weighted by Gasteiger charge is -2.18. The summed E-state index contributed by atoms with van der Waals surface area (Å²) in [6.07, 6.45) is 0.355. The Balaban J connectivity index is 2.07. The molecule has 0 radical (unpaired) electrons. The number of hydrogen-bond acceptors (Lipinski definition) is 4. The van der Waals surface area contributed by atoms with E-state index in [2.05, 4.69) is 5.32 Å². The van der Waals surface area contributed by atoms with Crippen LogP contribution in [0.15, 0.2) is 48.5 Å². The standard InChI is InChI=1S/C17H19ClN2O4S/c1-12(24-16-9-4-6-13(18)10-16)17(21)19-14-7-5-8-15(11-14)20(2)25(3,22)23/h4-12H,1-3H3,(H,19,21)/t12-/m1/s1. The molecule has 2 rings (SSSR count). The van der Waals surface area contributed by atoms with Gasteiger partial charge in [0.15, 0.2) is 6.10 Å². The molecule has 0 saturated heterocycles. The Morgan fingerprint density at radius 3 is 2.52 bits per heavy atom. The summed E-state index contributed by atoms with van der Waals surface area (Å²) in [5, 5.41) is 3.22. The van der Waals surface area contributed by atoms with Crippen LogP contribution in [0.5, 0.6) is 5.75 Å². The van der Waals surface area contributed by atoms with Gasteiger partial charge >= 0.3 is 0 Å². The summed E-state index contributed by atoms with van der Waals surface area (Å²) in [5.41, 5.74) is 0.920. The van der Waals surface area contributed by atoms with Crippen molar-refractivity contribution in [2.75, 3.05) is 22.9 Å². The molecule has 6 nitrogen and oxygen atoms in total. The van der Waals surface area contributed by atoms with Crippen molar-refractivity contribution in [1.29, 1.82) is 0 Å². The highest BCUT2D eigenvalue weighted by molar-refractivity contribution is 7.92. The van der Waals surface area contributed by atoms with E-state index in [-0.39, 0.29) is 5.91 Å². The Labute approximate surface area is 152 Å². The zero-order chi connectivity index (χ0) is 18.6. The summed E-state index contributed by atoms with van der Waals surface area (Å²) in [6.45, 7) is 1.61. The molecule has 1 amide bonds. The van der Waals surface area contributed by atoms with E-state index < -0.39 is 16.1 Å². The average Bonchev–Trinajstić information content (AvgIpc) is 2.53. The fourth-order valence-corrected chi connectivity index (χ4v) is 2.69. The molecule has 0 aliphatic heterocycles. The summed E-state index contributed by atoms with van der Waals surface area (Å²) in [4.78, 5) is 12.3. The molecule has 0 fully saturated rings. The van der Waals surface area contributed by atoms with E-state index in [1.54, 1.807) is 55.5 Å². The summed E-state index contributed by atoms with van der Waals surface area (Å²) in [7, 11) is -1.93. The van der Waals surface area contributed by atoms with Crippen molar-refractivity contribution in [2.45, 2.75) is 13.0 Å². The van der Waals surface area contributed by atoms with Crippen LogP contribution < -0.4 is 14.4 Å². The lowest BCUT2D eigenvalue weighted by Crippen LogP contribution is -2.30. The molecule has 8 heteroatoms.